The van der Waals surface area contributed by atoms with Gasteiger partial charge in [0.2, 0.25) is 0 Å². The lowest BCUT2D eigenvalue weighted by Gasteiger charge is -2.11. The smallest absolute Gasteiger partial charge is 0.344 e. The Morgan fingerprint density at radius 2 is 2.25 bits per heavy atom. The fourth-order valence-electron chi connectivity index (χ4n) is 1.62. The third kappa shape index (κ3) is 2.60. The minimum atomic E-state index is -0.271. The summed E-state index contributed by atoms with van der Waals surface area (Å²) in [7, 11) is 1.49. The van der Waals surface area contributed by atoms with Gasteiger partial charge in [0, 0.05) is 6.04 Å². The van der Waals surface area contributed by atoms with Crippen molar-refractivity contribution in [3.8, 4) is 5.75 Å². The highest BCUT2D eigenvalue weighted by atomic mass is 32.2. The van der Waals surface area contributed by atoms with Crippen molar-refractivity contribution < 1.29 is 4.74 Å². The van der Waals surface area contributed by atoms with Crippen LogP contribution in [0.3, 0.4) is 0 Å². The molecule has 10 heteroatoms. The second-order valence-corrected chi connectivity index (χ2v) is 5.04. The monoisotopic (exact) mass is 297 g/mol. The van der Waals surface area contributed by atoms with E-state index in [-0.39, 0.29) is 11.7 Å². The van der Waals surface area contributed by atoms with Gasteiger partial charge in [0.05, 0.1) is 7.11 Å². The van der Waals surface area contributed by atoms with Crippen molar-refractivity contribution in [1.29, 1.82) is 0 Å². The molecule has 2 aromatic rings. The van der Waals surface area contributed by atoms with E-state index >= 15 is 0 Å². The largest absolute Gasteiger partial charge is 0.490 e. The predicted molar refractivity (Wildman–Crippen MR) is 73.7 cm³/mol. The van der Waals surface area contributed by atoms with Crippen LogP contribution in [0.4, 0.5) is 5.82 Å². The molecule has 0 radical (unpaired) electrons. The Labute approximate surface area is 118 Å². The fourth-order valence-corrected chi connectivity index (χ4v) is 2.65. The van der Waals surface area contributed by atoms with E-state index in [4.69, 9.17) is 10.6 Å². The molecule has 2 aromatic heterocycles. The van der Waals surface area contributed by atoms with Crippen LogP contribution < -0.4 is 21.7 Å². The lowest BCUT2D eigenvalue weighted by atomic mass is 10.4. The molecule has 2 rings (SSSR count). The van der Waals surface area contributed by atoms with E-state index in [1.54, 1.807) is 0 Å². The van der Waals surface area contributed by atoms with Gasteiger partial charge < -0.3 is 10.2 Å². The molecular weight excluding hydrogens is 282 g/mol. The van der Waals surface area contributed by atoms with Crippen molar-refractivity contribution in [1.82, 2.24) is 24.7 Å². The topological polar surface area (TPSA) is 124 Å². The average Bonchev–Trinajstić information content (AvgIpc) is 2.79. The van der Waals surface area contributed by atoms with Crippen LogP contribution in [-0.2, 0) is 0 Å². The van der Waals surface area contributed by atoms with Gasteiger partial charge in [0.15, 0.2) is 21.7 Å². The number of nitrogens with one attached hydrogen (secondary N) is 2. The molecule has 9 nitrogen and oxygen atoms in total. The summed E-state index contributed by atoms with van der Waals surface area (Å²) < 4.78 is 6.76. The normalized spacial score (nSPS) is 10.8. The standard InChI is InChI=1S/C10H15N7O2S/c1-5(2)17-9(18)15-16-10(17)20-8-6(19-3)7(14-11)12-4-13-8/h4-5H,11H2,1-3H3,(H,15,18)(H,12,13,14). The Bertz CT molecular complexity index is 651. The van der Waals surface area contributed by atoms with E-state index < -0.39 is 0 Å². The molecule has 4 N–H and O–H groups in total. The third-order valence-corrected chi connectivity index (χ3v) is 3.44. The lowest BCUT2D eigenvalue weighted by Crippen LogP contribution is -2.19. The Morgan fingerprint density at radius 3 is 2.85 bits per heavy atom. The minimum absolute atomic E-state index is 0.0244. The highest BCUT2D eigenvalue weighted by Gasteiger charge is 2.18. The van der Waals surface area contributed by atoms with Crippen LogP contribution in [0.1, 0.15) is 19.9 Å². The van der Waals surface area contributed by atoms with Gasteiger partial charge in [-0.2, -0.15) is 0 Å². The zero-order valence-electron chi connectivity index (χ0n) is 11.2. The minimum Gasteiger partial charge on any atom is -0.490 e. The highest BCUT2D eigenvalue weighted by molar-refractivity contribution is 7.99. The number of hydrazine groups is 1. The molecule has 2 heterocycles. The van der Waals surface area contributed by atoms with E-state index in [9.17, 15) is 4.79 Å². The molecule has 20 heavy (non-hydrogen) atoms. The van der Waals surface area contributed by atoms with E-state index in [1.807, 2.05) is 13.8 Å². The average molecular weight is 297 g/mol. The first-order chi connectivity index (χ1) is 9.58. The van der Waals surface area contributed by atoms with Crippen LogP contribution in [0.5, 0.6) is 5.75 Å². The van der Waals surface area contributed by atoms with Crippen molar-refractivity contribution >= 4 is 17.6 Å². The van der Waals surface area contributed by atoms with Gasteiger partial charge in [-0.15, -0.1) is 5.10 Å². The lowest BCUT2D eigenvalue weighted by molar-refractivity contribution is 0.400. The SMILES string of the molecule is COc1c(NN)ncnc1Sc1n[nH]c(=O)n1C(C)C. The molecule has 0 atom stereocenters. The number of nitrogens with two attached hydrogens (primary N) is 1. The summed E-state index contributed by atoms with van der Waals surface area (Å²) in [4.78, 5) is 19.8. The van der Waals surface area contributed by atoms with Crippen LogP contribution in [0, 0.1) is 0 Å². The van der Waals surface area contributed by atoms with Gasteiger partial charge in [-0.05, 0) is 25.6 Å². The van der Waals surface area contributed by atoms with Gasteiger partial charge in [-0.1, -0.05) is 0 Å². The predicted octanol–water partition coefficient (Wildman–Crippen LogP) is 0.388. The van der Waals surface area contributed by atoms with Crippen LogP contribution in [0.15, 0.2) is 21.3 Å². The molecule has 0 unspecified atom stereocenters. The van der Waals surface area contributed by atoms with Crippen molar-refractivity contribution in [2.24, 2.45) is 5.84 Å². The Morgan fingerprint density at radius 1 is 1.50 bits per heavy atom. The van der Waals surface area contributed by atoms with E-state index in [1.165, 1.54) is 29.8 Å². The number of hydrogen-bond donors (Lipinski definition) is 3. The van der Waals surface area contributed by atoms with Crippen molar-refractivity contribution in [2.45, 2.75) is 30.1 Å². The molecular formula is C10H15N7O2S. The molecule has 0 saturated carbocycles. The van der Waals surface area contributed by atoms with Crippen LogP contribution in [0.25, 0.3) is 0 Å². The van der Waals surface area contributed by atoms with Crippen LogP contribution >= 0.6 is 11.8 Å². The van der Waals surface area contributed by atoms with Crippen molar-refractivity contribution in [3.63, 3.8) is 0 Å². The number of rotatable bonds is 5. The molecule has 0 aliphatic heterocycles. The zero-order chi connectivity index (χ0) is 14.7. The number of ether oxygens (including phenoxy) is 1. The van der Waals surface area contributed by atoms with E-state index in [0.29, 0.717) is 21.7 Å². The maximum absolute atomic E-state index is 11.7. The van der Waals surface area contributed by atoms with E-state index in [0.717, 1.165) is 0 Å². The Balaban J connectivity index is 2.43. The van der Waals surface area contributed by atoms with Gasteiger partial charge >= 0.3 is 5.69 Å². The Hall–Kier alpha value is -2.07. The first-order valence-corrected chi connectivity index (χ1v) is 6.60. The molecule has 0 saturated heterocycles. The maximum Gasteiger partial charge on any atom is 0.344 e. The molecule has 0 aromatic carbocycles. The maximum atomic E-state index is 11.7. The van der Waals surface area contributed by atoms with Gasteiger partial charge in [-0.3, -0.25) is 4.57 Å². The first kappa shape index (κ1) is 14.3. The molecule has 108 valence electrons. The number of anilines is 1. The quantitative estimate of drug-likeness (QED) is 0.411. The van der Waals surface area contributed by atoms with Crippen molar-refractivity contribution in [2.75, 3.05) is 12.5 Å². The number of aromatic nitrogens is 5. The molecule has 0 aliphatic rings. The van der Waals surface area contributed by atoms with Crippen LogP contribution in [0.2, 0.25) is 0 Å². The number of nitrogens with zero attached hydrogens (tertiary/aromatic N) is 4. The Kier molecular flexibility index (Phi) is 4.25. The summed E-state index contributed by atoms with van der Waals surface area (Å²) in [5, 5.41) is 7.40. The third-order valence-electron chi connectivity index (χ3n) is 2.49. The number of methoxy groups -OCH3 is 1. The second kappa shape index (κ2) is 5.92. The van der Waals surface area contributed by atoms with Gasteiger partial charge in [0.1, 0.15) is 6.33 Å². The first-order valence-electron chi connectivity index (χ1n) is 5.78. The zero-order valence-corrected chi connectivity index (χ0v) is 12.1. The molecule has 0 bridgehead atoms. The number of H-pyrrole nitrogens is 1. The summed E-state index contributed by atoms with van der Waals surface area (Å²) in [6.07, 6.45) is 1.35. The highest BCUT2D eigenvalue weighted by Crippen LogP contribution is 2.35. The number of aromatic amines is 1. The number of nitrogen functional groups attached to an aromatic ring is 1. The molecule has 0 aliphatic carbocycles. The summed E-state index contributed by atoms with van der Waals surface area (Å²) in [5.74, 6) is 6.12. The molecule has 0 amide bonds. The fraction of sp³-hybridized carbons (Fsp3) is 0.400. The van der Waals surface area contributed by atoms with Gasteiger partial charge in [-0.25, -0.2) is 25.7 Å². The summed E-state index contributed by atoms with van der Waals surface area (Å²) in [5.41, 5.74) is 2.16. The number of hydrogen-bond acceptors (Lipinski definition) is 8. The van der Waals surface area contributed by atoms with E-state index in [2.05, 4.69) is 25.6 Å². The van der Waals surface area contributed by atoms with Crippen LogP contribution in [-0.4, -0.2) is 31.8 Å². The second-order valence-electron chi connectivity index (χ2n) is 4.08. The van der Waals surface area contributed by atoms with Gasteiger partial charge in [0.25, 0.3) is 0 Å². The molecule has 0 fully saturated rings. The summed E-state index contributed by atoms with van der Waals surface area (Å²) >= 11 is 1.19. The summed E-state index contributed by atoms with van der Waals surface area (Å²) in [6.45, 7) is 3.79. The van der Waals surface area contributed by atoms with Crippen molar-refractivity contribution in [3.05, 3.63) is 16.8 Å². The summed E-state index contributed by atoms with van der Waals surface area (Å²) in [6, 6.07) is -0.0244. The molecule has 0 spiro atoms.